The van der Waals surface area contributed by atoms with Crippen LogP contribution in [0.4, 0.5) is 5.82 Å². The van der Waals surface area contributed by atoms with Gasteiger partial charge in [-0.1, -0.05) is 6.07 Å². The van der Waals surface area contributed by atoms with Gasteiger partial charge in [0.2, 0.25) is 0 Å². The molecule has 0 atom stereocenters. The second-order valence-corrected chi connectivity index (χ2v) is 6.33. The second-order valence-electron chi connectivity index (χ2n) is 6.33. The molecule has 1 aliphatic heterocycles. The Morgan fingerprint density at radius 3 is 2.67 bits per heavy atom. The molecule has 1 fully saturated rings. The third-order valence-corrected chi connectivity index (χ3v) is 4.50. The average molecular weight is 366 g/mol. The maximum absolute atomic E-state index is 12.5. The second kappa shape index (κ2) is 8.41. The van der Waals surface area contributed by atoms with Crippen molar-refractivity contribution in [3.05, 3.63) is 47.7 Å². The van der Waals surface area contributed by atoms with Crippen LogP contribution in [0.15, 0.2) is 36.5 Å². The van der Waals surface area contributed by atoms with Crippen LogP contribution in [0.2, 0.25) is 0 Å². The lowest BCUT2D eigenvalue weighted by Gasteiger charge is -2.35. The summed E-state index contributed by atoms with van der Waals surface area (Å²) in [6.07, 6.45) is 1.63. The highest BCUT2D eigenvalue weighted by atomic mass is 16.5. The first-order valence-corrected chi connectivity index (χ1v) is 8.77. The van der Waals surface area contributed by atoms with Crippen LogP contribution in [0.5, 0.6) is 11.5 Å². The Hall–Kier alpha value is -3.27. The minimum absolute atomic E-state index is 0.0262. The number of nitriles is 1. The van der Waals surface area contributed by atoms with Crippen molar-refractivity contribution in [2.75, 3.05) is 44.8 Å². The molecule has 3 rings (SSSR count). The van der Waals surface area contributed by atoms with Gasteiger partial charge in [-0.25, -0.2) is 4.98 Å². The van der Waals surface area contributed by atoms with Crippen LogP contribution in [0.25, 0.3) is 0 Å². The standard InChI is InChI=1S/C20H22N4O3/c1-15-3-4-17(18(11-15)26-2)27-14-20(25)24-9-7-23(8-10-24)19-12-16(13-21)5-6-22-19/h3-6,11-12H,7-10,14H2,1-2H3. The maximum atomic E-state index is 12.5. The summed E-state index contributed by atoms with van der Waals surface area (Å²) in [6.45, 7) is 4.46. The SMILES string of the molecule is COc1cc(C)ccc1OCC(=O)N1CCN(c2cc(C#N)ccn2)CC1. The van der Waals surface area contributed by atoms with Crippen molar-refractivity contribution in [1.29, 1.82) is 5.26 Å². The lowest BCUT2D eigenvalue weighted by molar-refractivity contribution is -0.133. The lowest BCUT2D eigenvalue weighted by atomic mass is 10.2. The average Bonchev–Trinajstić information content (AvgIpc) is 2.72. The van der Waals surface area contributed by atoms with Gasteiger partial charge >= 0.3 is 0 Å². The fraction of sp³-hybridized carbons (Fsp3) is 0.350. The van der Waals surface area contributed by atoms with E-state index in [1.807, 2.05) is 25.1 Å². The zero-order chi connectivity index (χ0) is 19.2. The van der Waals surface area contributed by atoms with Crippen molar-refractivity contribution < 1.29 is 14.3 Å². The van der Waals surface area contributed by atoms with E-state index in [4.69, 9.17) is 14.7 Å². The smallest absolute Gasteiger partial charge is 0.260 e. The number of hydrogen-bond donors (Lipinski definition) is 0. The lowest BCUT2D eigenvalue weighted by Crippen LogP contribution is -2.50. The van der Waals surface area contributed by atoms with Crippen molar-refractivity contribution in [1.82, 2.24) is 9.88 Å². The fourth-order valence-corrected chi connectivity index (χ4v) is 2.97. The molecule has 0 bridgehead atoms. The number of ether oxygens (including phenoxy) is 2. The van der Waals surface area contributed by atoms with Gasteiger partial charge in [-0.05, 0) is 36.8 Å². The molecule has 0 unspecified atom stereocenters. The number of carbonyl (C=O) groups excluding carboxylic acids is 1. The molecule has 0 N–H and O–H groups in total. The Morgan fingerprint density at radius 2 is 1.96 bits per heavy atom. The van der Waals surface area contributed by atoms with Gasteiger partial charge in [0.1, 0.15) is 5.82 Å². The zero-order valence-electron chi connectivity index (χ0n) is 15.5. The number of rotatable bonds is 5. The molecule has 1 saturated heterocycles. The Morgan fingerprint density at radius 1 is 1.19 bits per heavy atom. The van der Waals surface area contributed by atoms with Crippen LogP contribution < -0.4 is 14.4 Å². The van der Waals surface area contributed by atoms with Gasteiger partial charge in [0.15, 0.2) is 18.1 Å². The van der Waals surface area contributed by atoms with E-state index in [1.165, 1.54) is 0 Å². The number of amides is 1. The van der Waals surface area contributed by atoms with Crippen molar-refractivity contribution in [3.8, 4) is 17.6 Å². The van der Waals surface area contributed by atoms with E-state index in [0.29, 0.717) is 43.2 Å². The van der Waals surface area contributed by atoms with Gasteiger partial charge in [-0.3, -0.25) is 4.79 Å². The Kier molecular flexibility index (Phi) is 5.77. The fourth-order valence-electron chi connectivity index (χ4n) is 2.97. The topological polar surface area (TPSA) is 78.7 Å². The summed E-state index contributed by atoms with van der Waals surface area (Å²) in [6, 6.07) is 11.2. The molecule has 27 heavy (non-hydrogen) atoms. The maximum Gasteiger partial charge on any atom is 0.260 e. The number of anilines is 1. The van der Waals surface area contributed by atoms with Crippen LogP contribution in [-0.4, -0.2) is 55.7 Å². The van der Waals surface area contributed by atoms with Crippen LogP contribution in [0.3, 0.4) is 0 Å². The van der Waals surface area contributed by atoms with Gasteiger partial charge < -0.3 is 19.3 Å². The highest BCUT2D eigenvalue weighted by Crippen LogP contribution is 2.27. The molecule has 1 aromatic carbocycles. The van der Waals surface area contributed by atoms with Gasteiger partial charge in [-0.2, -0.15) is 5.26 Å². The number of pyridine rings is 1. The minimum Gasteiger partial charge on any atom is -0.493 e. The highest BCUT2D eigenvalue weighted by Gasteiger charge is 2.22. The zero-order valence-corrected chi connectivity index (χ0v) is 15.5. The predicted octanol–water partition coefficient (Wildman–Crippen LogP) is 2.00. The first-order valence-electron chi connectivity index (χ1n) is 8.77. The molecule has 1 aromatic heterocycles. The Bertz CT molecular complexity index is 855. The summed E-state index contributed by atoms with van der Waals surface area (Å²) in [5.41, 5.74) is 1.65. The van der Waals surface area contributed by atoms with E-state index in [0.717, 1.165) is 11.4 Å². The van der Waals surface area contributed by atoms with Crippen LogP contribution in [0.1, 0.15) is 11.1 Å². The van der Waals surface area contributed by atoms with Crippen LogP contribution in [0, 0.1) is 18.3 Å². The van der Waals surface area contributed by atoms with E-state index in [-0.39, 0.29) is 12.5 Å². The number of carbonyl (C=O) groups is 1. The molecule has 7 nitrogen and oxygen atoms in total. The van der Waals surface area contributed by atoms with Gasteiger partial charge in [0.25, 0.3) is 5.91 Å². The molecule has 1 amide bonds. The number of aryl methyl sites for hydroxylation is 1. The molecule has 140 valence electrons. The number of nitrogens with zero attached hydrogens (tertiary/aromatic N) is 4. The first kappa shape index (κ1) is 18.5. The number of aromatic nitrogens is 1. The normalized spacial score (nSPS) is 13.8. The molecule has 2 aromatic rings. The minimum atomic E-state index is -0.0592. The van der Waals surface area contributed by atoms with Crippen LogP contribution >= 0.6 is 0 Å². The molecule has 0 spiro atoms. The van der Waals surface area contributed by atoms with Crippen molar-refractivity contribution in [2.45, 2.75) is 6.92 Å². The molecular weight excluding hydrogens is 344 g/mol. The van der Waals surface area contributed by atoms with Gasteiger partial charge in [0, 0.05) is 32.4 Å². The summed E-state index contributed by atoms with van der Waals surface area (Å²) in [7, 11) is 1.58. The number of methoxy groups -OCH3 is 1. The third kappa shape index (κ3) is 4.47. The van der Waals surface area contributed by atoms with E-state index >= 15 is 0 Å². The molecule has 0 radical (unpaired) electrons. The third-order valence-electron chi connectivity index (χ3n) is 4.50. The van der Waals surface area contributed by atoms with Gasteiger partial charge in [-0.15, -0.1) is 0 Å². The number of benzene rings is 1. The molecule has 1 aliphatic rings. The molecule has 2 heterocycles. The molecule has 0 aliphatic carbocycles. The molecule has 0 saturated carbocycles. The number of piperazine rings is 1. The van der Waals surface area contributed by atoms with Crippen molar-refractivity contribution in [2.24, 2.45) is 0 Å². The van der Waals surface area contributed by atoms with Gasteiger partial charge in [0.05, 0.1) is 18.7 Å². The quantitative estimate of drug-likeness (QED) is 0.805. The predicted molar refractivity (Wildman–Crippen MR) is 101 cm³/mol. The summed E-state index contributed by atoms with van der Waals surface area (Å²) in [4.78, 5) is 20.6. The highest BCUT2D eigenvalue weighted by molar-refractivity contribution is 5.78. The van der Waals surface area contributed by atoms with Crippen molar-refractivity contribution >= 4 is 11.7 Å². The number of hydrogen-bond acceptors (Lipinski definition) is 6. The summed E-state index contributed by atoms with van der Waals surface area (Å²) >= 11 is 0. The summed E-state index contributed by atoms with van der Waals surface area (Å²) < 4.78 is 11.0. The van der Waals surface area contributed by atoms with E-state index < -0.39 is 0 Å². The first-order chi connectivity index (χ1) is 13.1. The van der Waals surface area contributed by atoms with Crippen LogP contribution in [-0.2, 0) is 4.79 Å². The summed E-state index contributed by atoms with van der Waals surface area (Å²) in [5, 5.41) is 9.01. The Labute approximate surface area is 158 Å². The van der Waals surface area contributed by atoms with Crippen molar-refractivity contribution in [3.63, 3.8) is 0 Å². The van der Waals surface area contributed by atoms with E-state index in [9.17, 15) is 4.79 Å². The Balaban J connectivity index is 1.53. The molecule has 7 heteroatoms. The largest absolute Gasteiger partial charge is 0.493 e. The monoisotopic (exact) mass is 366 g/mol. The summed E-state index contributed by atoms with van der Waals surface area (Å²) in [5.74, 6) is 1.89. The van der Waals surface area contributed by atoms with E-state index in [2.05, 4.69) is 16.0 Å². The molecular formula is C20H22N4O3. The van der Waals surface area contributed by atoms with E-state index in [1.54, 1.807) is 30.3 Å².